The maximum atomic E-state index is 9.57. The standard InChI is InChI=1S/C7H13N.C4H6O/c1-2-5-8-6-7-3-4-7;5-3-4-1-2-4/h2,7-8H,1,3-6H2;3-4H,1-2H2. The number of rotatable bonds is 5. The first kappa shape index (κ1) is 10.5. The normalized spacial score (nSPS) is 20.0. The van der Waals surface area contributed by atoms with E-state index in [1.54, 1.807) is 0 Å². The predicted molar refractivity (Wildman–Crippen MR) is 54.6 cm³/mol. The van der Waals surface area contributed by atoms with Gasteiger partial charge in [-0.15, -0.1) is 6.58 Å². The van der Waals surface area contributed by atoms with E-state index in [0.717, 1.165) is 31.6 Å². The van der Waals surface area contributed by atoms with Gasteiger partial charge in [0.2, 0.25) is 0 Å². The third kappa shape index (κ3) is 6.52. The molecule has 2 rings (SSSR count). The Hall–Kier alpha value is -0.630. The van der Waals surface area contributed by atoms with Gasteiger partial charge in [-0.05, 0) is 38.1 Å². The molecular formula is C11H19NO. The Morgan fingerprint density at radius 2 is 2.00 bits per heavy atom. The SMILES string of the molecule is C=CCNCC1CC1.O=CC1CC1. The zero-order chi connectivity index (χ0) is 9.52. The Labute approximate surface area is 80.4 Å². The van der Waals surface area contributed by atoms with Gasteiger partial charge in [0.1, 0.15) is 6.29 Å². The largest absolute Gasteiger partial charge is 0.313 e. The van der Waals surface area contributed by atoms with Gasteiger partial charge in [0, 0.05) is 12.5 Å². The highest BCUT2D eigenvalue weighted by molar-refractivity contribution is 5.56. The van der Waals surface area contributed by atoms with Crippen molar-refractivity contribution in [2.45, 2.75) is 25.7 Å². The van der Waals surface area contributed by atoms with Crippen molar-refractivity contribution in [3.8, 4) is 0 Å². The summed E-state index contributed by atoms with van der Waals surface area (Å²) in [7, 11) is 0. The molecule has 0 amide bonds. The third-order valence-corrected chi connectivity index (χ3v) is 2.23. The van der Waals surface area contributed by atoms with Crippen LogP contribution >= 0.6 is 0 Å². The van der Waals surface area contributed by atoms with Crippen LogP contribution in [0.3, 0.4) is 0 Å². The van der Waals surface area contributed by atoms with E-state index >= 15 is 0 Å². The molecule has 2 fully saturated rings. The van der Waals surface area contributed by atoms with Crippen molar-refractivity contribution >= 4 is 6.29 Å². The van der Waals surface area contributed by atoms with Crippen LogP contribution in [0, 0.1) is 11.8 Å². The lowest BCUT2D eigenvalue weighted by atomic mass is 10.4. The first-order valence-electron chi connectivity index (χ1n) is 5.13. The van der Waals surface area contributed by atoms with E-state index in [1.807, 2.05) is 6.08 Å². The molecule has 0 atom stereocenters. The topological polar surface area (TPSA) is 29.1 Å². The molecule has 2 heteroatoms. The molecule has 0 aliphatic heterocycles. The summed E-state index contributed by atoms with van der Waals surface area (Å²) in [4.78, 5) is 9.57. The van der Waals surface area contributed by atoms with Gasteiger partial charge < -0.3 is 10.1 Å². The molecule has 0 saturated heterocycles. The molecule has 2 saturated carbocycles. The zero-order valence-electron chi connectivity index (χ0n) is 8.17. The van der Waals surface area contributed by atoms with E-state index in [9.17, 15) is 4.79 Å². The number of hydrogen-bond donors (Lipinski definition) is 1. The maximum absolute atomic E-state index is 9.57. The van der Waals surface area contributed by atoms with E-state index in [0.29, 0.717) is 5.92 Å². The first-order valence-corrected chi connectivity index (χ1v) is 5.13. The van der Waals surface area contributed by atoms with Crippen molar-refractivity contribution < 1.29 is 4.79 Å². The highest BCUT2D eigenvalue weighted by atomic mass is 16.1. The van der Waals surface area contributed by atoms with E-state index in [-0.39, 0.29) is 0 Å². The van der Waals surface area contributed by atoms with E-state index in [1.165, 1.54) is 19.4 Å². The van der Waals surface area contributed by atoms with Gasteiger partial charge in [-0.25, -0.2) is 0 Å². The number of aldehydes is 1. The Bertz CT molecular complexity index is 159. The van der Waals surface area contributed by atoms with Crippen LogP contribution in [-0.2, 0) is 4.79 Å². The maximum Gasteiger partial charge on any atom is 0.123 e. The minimum Gasteiger partial charge on any atom is -0.313 e. The third-order valence-electron chi connectivity index (χ3n) is 2.23. The number of carbonyl (C=O) groups excluding carboxylic acids is 1. The lowest BCUT2D eigenvalue weighted by Gasteiger charge is -1.95. The van der Waals surface area contributed by atoms with Crippen LogP contribution in [0.2, 0.25) is 0 Å². The molecule has 74 valence electrons. The van der Waals surface area contributed by atoms with E-state index < -0.39 is 0 Å². The fraction of sp³-hybridized carbons (Fsp3) is 0.727. The summed E-state index contributed by atoms with van der Waals surface area (Å²) in [5.41, 5.74) is 0. The van der Waals surface area contributed by atoms with Crippen molar-refractivity contribution in [2.75, 3.05) is 13.1 Å². The van der Waals surface area contributed by atoms with Gasteiger partial charge in [0.25, 0.3) is 0 Å². The minimum atomic E-state index is 0.454. The van der Waals surface area contributed by atoms with E-state index in [4.69, 9.17) is 0 Å². The summed E-state index contributed by atoms with van der Waals surface area (Å²) in [6.07, 6.45) is 8.09. The van der Waals surface area contributed by atoms with Crippen LogP contribution in [0.15, 0.2) is 12.7 Å². The monoisotopic (exact) mass is 181 g/mol. The van der Waals surface area contributed by atoms with Crippen molar-refractivity contribution in [3.63, 3.8) is 0 Å². The predicted octanol–water partition coefficient (Wildman–Crippen LogP) is 1.77. The van der Waals surface area contributed by atoms with Crippen LogP contribution in [0.5, 0.6) is 0 Å². The Morgan fingerprint density at radius 1 is 1.31 bits per heavy atom. The molecule has 2 nitrogen and oxygen atoms in total. The highest BCUT2D eigenvalue weighted by Gasteiger charge is 2.19. The molecule has 0 unspecified atom stereocenters. The Balaban J connectivity index is 0.000000145. The van der Waals surface area contributed by atoms with Gasteiger partial charge in [-0.3, -0.25) is 0 Å². The van der Waals surface area contributed by atoms with Crippen molar-refractivity contribution in [3.05, 3.63) is 12.7 Å². The van der Waals surface area contributed by atoms with Crippen molar-refractivity contribution in [1.29, 1.82) is 0 Å². The summed E-state index contributed by atoms with van der Waals surface area (Å²) in [5, 5.41) is 3.28. The molecule has 0 aromatic rings. The Morgan fingerprint density at radius 3 is 2.31 bits per heavy atom. The van der Waals surface area contributed by atoms with Gasteiger partial charge in [-0.1, -0.05) is 6.08 Å². The first-order chi connectivity index (χ1) is 6.36. The molecular weight excluding hydrogens is 162 g/mol. The quantitative estimate of drug-likeness (QED) is 0.398. The molecule has 13 heavy (non-hydrogen) atoms. The number of nitrogens with one attached hydrogen (secondary N) is 1. The summed E-state index contributed by atoms with van der Waals surface area (Å²) in [6, 6.07) is 0. The summed E-state index contributed by atoms with van der Waals surface area (Å²) >= 11 is 0. The molecule has 1 N–H and O–H groups in total. The summed E-state index contributed by atoms with van der Waals surface area (Å²) in [6.45, 7) is 5.78. The lowest BCUT2D eigenvalue weighted by Crippen LogP contribution is -2.15. The van der Waals surface area contributed by atoms with Crippen LogP contribution in [0.25, 0.3) is 0 Å². The zero-order valence-corrected chi connectivity index (χ0v) is 8.17. The van der Waals surface area contributed by atoms with Crippen LogP contribution in [0.4, 0.5) is 0 Å². The molecule has 0 aromatic heterocycles. The van der Waals surface area contributed by atoms with Gasteiger partial charge in [0.15, 0.2) is 0 Å². The molecule has 0 bridgehead atoms. The second kappa shape index (κ2) is 5.92. The molecule has 0 spiro atoms. The molecule has 0 aromatic carbocycles. The van der Waals surface area contributed by atoms with Gasteiger partial charge in [-0.2, -0.15) is 0 Å². The second-order valence-electron chi connectivity index (χ2n) is 3.86. The fourth-order valence-corrected chi connectivity index (χ4v) is 0.944. The molecule has 2 aliphatic carbocycles. The molecule has 0 heterocycles. The minimum absolute atomic E-state index is 0.454. The average molecular weight is 181 g/mol. The lowest BCUT2D eigenvalue weighted by molar-refractivity contribution is -0.108. The number of carbonyl (C=O) groups is 1. The summed E-state index contributed by atoms with van der Waals surface area (Å²) in [5.74, 6) is 1.45. The molecule has 0 radical (unpaired) electrons. The fourth-order valence-electron chi connectivity index (χ4n) is 0.944. The van der Waals surface area contributed by atoms with Gasteiger partial charge in [0.05, 0.1) is 0 Å². The van der Waals surface area contributed by atoms with Crippen LogP contribution in [0.1, 0.15) is 25.7 Å². The van der Waals surface area contributed by atoms with E-state index in [2.05, 4.69) is 11.9 Å². The summed E-state index contributed by atoms with van der Waals surface area (Å²) < 4.78 is 0. The van der Waals surface area contributed by atoms with Gasteiger partial charge >= 0.3 is 0 Å². The average Bonchev–Trinajstić information content (AvgIpc) is 3.02. The van der Waals surface area contributed by atoms with Crippen molar-refractivity contribution in [2.24, 2.45) is 11.8 Å². The van der Waals surface area contributed by atoms with Crippen LogP contribution in [-0.4, -0.2) is 19.4 Å². The molecule has 2 aliphatic rings. The van der Waals surface area contributed by atoms with Crippen LogP contribution < -0.4 is 5.32 Å². The highest BCUT2D eigenvalue weighted by Crippen LogP contribution is 2.27. The smallest absolute Gasteiger partial charge is 0.123 e. The second-order valence-corrected chi connectivity index (χ2v) is 3.86. The Kier molecular flexibility index (Phi) is 4.76. The number of hydrogen-bond acceptors (Lipinski definition) is 2. The van der Waals surface area contributed by atoms with Crippen molar-refractivity contribution in [1.82, 2.24) is 5.32 Å².